The molecule has 0 aliphatic carbocycles. The summed E-state index contributed by atoms with van der Waals surface area (Å²) in [6.07, 6.45) is 2.73. The number of fused-ring (bicyclic) bond motifs is 3. The summed E-state index contributed by atoms with van der Waals surface area (Å²) in [6, 6.07) is 38.7. The molecule has 194 valence electrons. The molecule has 1 N–H and O–H groups in total. The van der Waals surface area contributed by atoms with Crippen LogP contribution in [0, 0.1) is 5.41 Å². The van der Waals surface area contributed by atoms with Crippen LogP contribution in [0.15, 0.2) is 115 Å². The second-order valence-corrected chi connectivity index (χ2v) is 11.0. The molecular formula is C34H34BrNO2. The van der Waals surface area contributed by atoms with Crippen LogP contribution in [0.25, 0.3) is 11.1 Å². The van der Waals surface area contributed by atoms with Crippen molar-refractivity contribution in [2.24, 2.45) is 5.41 Å². The van der Waals surface area contributed by atoms with Crippen LogP contribution in [0.1, 0.15) is 40.7 Å². The highest BCUT2D eigenvalue weighted by Gasteiger charge is 2.60. The van der Waals surface area contributed by atoms with Gasteiger partial charge in [-0.05, 0) is 22.3 Å². The number of carbonyl (C=O) groups excluding carboxylic acids is 1. The van der Waals surface area contributed by atoms with E-state index >= 15 is 0 Å². The van der Waals surface area contributed by atoms with Gasteiger partial charge in [-0.25, -0.2) is 0 Å². The number of aliphatic hydroxyl groups is 1. The Kier molecular flexibility index (Phi) is 7.41. The zero-order valence-corrected chi connectivity index (χ0v) is 23.2. The van der Waals surface area contributed by atoms with Crippen molar-refractivity contribution < 1.29 is 31.4 Å². The normalized spacial score (nSPS) is 22.4. The fourth-order valence-corrected chi connectivity index (χ4v) is 6.86. The monoisotopic (exact) mass is 567 g/mol. The largest absolute Gasteiger partial charge is 1.00 e. The SMILES string of the molecule is O=C(C[N+]12CCC(C(O)(c3ccccc3)c3ccccc3)(CC1)CC2)c1ccc(-c2ccccc2)cc1.[Br-]. The van der Waals surface area contributed by atoms with Crippen molar-refractivity contribution >= 4 is 5.78 Å². The van der Waals surface area contributed by atoms with Crippen LogP contribution >= 0.6 is 0 Å². The van der Waals surface area contributed by atoms with Gasteiger partial charge in [-0.15, -0.1) is 0 Å². The molecule has 3 saturated heterocycles. The Bertz CT molecular complexity index is 1310. The predicted molar refractivity (Wildman–Crippen MR) is 148 cm³/mol. The van der Waals surface area contributed by atoms with Gasteiger partial charge in [0.2, 0.25) is 5.78 Å². The van der Waals surface area contributed by atoms with Gasteiger partial charge in [0.25, 0.3) is 0 Å². The minimum atomic E-state index is -1.04. The highest BCUT2D eigenvalue weighted by Crippen LogP contribution is 2.57. The Labute approximate surface area is 236 Å². The molecule has 0 spiro atoms. The maximum Gasteiger partial charge on any atom is 0.216 e. The van der Waals surface area contributed by atoms with Gasteiger partial charge in [-0.2, -0.15) is 0 Å². The van der Waals surface area contributed by atoms with E-state index in [4.69, 9.17) is 0 Å². The number of carbonyl (C=O) groups is 1. The number of rotatable bonds is 7. The van der Waals surface area contributed by atoms with Crippen molar-refractivity contribution in [3.63, 3.8) is 0 Å². The van der Waals surface area contributed by atoms with E-state index in [0.29, 0.717) is 6.54 Å². The molecule has 3 aliphatic heterocycles. The summed E-state index contributed by atoms with van der Waals surface area (Å²) >= 11 is 0. The molecule has 38 heavy (non-hydrogen) atoms. The predicted octanol–water partition coefficient (Wildman–Crippen LogP) is 3.48. The first-order valence-electron chi connectivity index (χ1n) is 13.4. The topological polar surface area (TPSA) is 37.3 Å². The standard InChI is InChI=1S/C34H34NO2.BrH/c36-32(29-18-16-28(17-19-29)27-10-4-1-5-11-27)26-35-23-20-33(21-24-35,22-25-35)34(37,30-12-6-2-7-13-30)31-14-8-3-9-15-31;/h1-19,37H,20-26H2;1H/q+1;/p-1. The number of benzene rings is 4. The summed E-state index contributed by atoms with van der Waals surface area (Å²) < 4.78 is 0.834. The summed E-state index contributed by atoms with van der Waals surface area (Å²) in [7, 11) is 0. The Morgan fingerprint density at radius 1 is 0.658 bits per heavy atom. The smallest absolute Gasteiger partial charge is 0.216 e. The van der Waals surface area contributed by atoms with E-state index in [2.05, 4.69) is 48.5 Å². The first-order chi connectivity index (χ1) is 18.0. The molecule has 4 heteroatoms. The van der Waals surface area contributed by atoms with Gasteiger partial charge < -0.3 is 26.6 Å². The third-order valence-electron chi connectivity index (χ3n) is 9.14. The van der Waals surface area contributed by atoms with Gasteiger partial charge in [0.1, 0.15) is 12.1 Å². The number of hydrogen-bond acceptors (Lipinski definition) is 2. The number of ketones is 1. The highest BCUT2D eigenvalue weighted by atomic mass is 79.9. The zero-order chi connectivity index (χ0) is 25.3. The first kappa shape index (κ1) is 26.6. The molecule has 0 amide bonds. The summed E-state index contributed by atoms with van der Waals surface area (Å²) in [4.78, 5) is 13.4. The Morgan fingerprint density at radius 3 is 1.55 bits per heavy atom. The Hall–Kier alpha value is -3.05. The maximum atomic E-state index is 13.4. The Morgan fingerprint density at radius 2 is 1.08 bits per heavy atom. The molecule has 2 bridgehead atoms. The quantitative estimate of drug-likeness (QED) is 0.274. The lowest BCUT2D eigenvalue weighted by molar-refractivity contribution is -0.938. The number of piperidine rings is 3. The van der Waals surface area contributed by atoms with Crippen molar-refractivity contribution in [2.45, 2.75) is 24.9 Å². The molecule has 0 unspecified atom stereocenters. The molecule has 7 rings (SSSR count). The molecule has 0 saturated carbocycles. The molecule has 0 radical (unpaired) electrons. The van der Waals surface area contributed by atoms with Crippen LogP contribution in [-0.2, 0) is 5.60 Å². The second-order valence-electron chi connectivity index (χ2n) is 11.0. The molecule has 0 atom stereocenters. The van der Waals surface area contributed by atoms with E-state index in [1.165, 1.54) is 0 Å². The van der Waals surface area contributed by atoms with Crippen molar-refractivity contribution in [3.05, 3.63) is 132 Å². The van der Waals surface area contributed by atoms with Crippen LogP contribution in [0.4, 0.5) is 0 Å². The van der Waals surface area contributed by atoms with E-state index in [-0.39, 0.29) is 28.2 Å². The molecule has 3 nitrogen and oxygen atoms in total. The number of Topliss-reactive ketones (excluding diaryl/α,β-unsaturated/α-hetero) is 1. The lowest BCUT2D eigenvalue weighted by atomic mass is 9.56. The van der Waals surface area contributed by atoms with Crippen molar-refractivity contribution in [2.75, 3.05) is 26.2 Å². The van der Waals surface area contributed by atoms with Gasteiger partial charge in [0.15, 0.2) is 0 Å². The number of halogens is 1. The summed E-state index contributed by atoms with van der Waals surface area (Å²) in [6.45, 7) is 3.32. The average Bonchev–Trinajstić information content (AvgIpc) is 2.99. The summed E-state index contributed by atoms with van der Waals surface area (Å²) in [5.41, 5.74) is 3.76. The molecular weight excluding hydrogens is 534 g/mol. The van der Waals surface area contributed by atoms with Crippen molar-refractivity contribution in [1.82, 2.24) is 0 Å². The van der Waals surface area contributed by atoms with Gasteiger partial charge in [0, 0.05) is 30.2 Å². The fraction of sp³-hybridized carbons (Fsp3) is 0.265. The zero-order valence-electron chi connectivity index (χ0n) is 21.6. The van der Waals surface area contributed by atoms with Crippen molar-refractivity contribution in [3.8, 4) is 11.1 Å². The maximum absolute atomic E-state index is 13.4. The van der Waals surface area contributed by atoms with Gasteiger partial charge >= 0.3 is 0 Å². The second kappa shape index (κ2) is 10.6. The molecule has 3 aliphatic rings. The van der Waals surface area contributed by atoms with Crippen LogP contribution in [0.5, 0.6) is 0 Å². The van der Waals surface area contributed by atoms with E-state index in [1.807, 2.05) is 66.7 Å². The molecule has 4 aromatic rings. The molecule has 3 fully saturated rings. The fourth-order valence-electron chi connectivity index (χ4n) is 6.86. The molecule has 0 aromatic heterocycles. The van der Waals surface area contributed by atoms with E-state index in [0.717, 1.165) is 71.2 Å². The van der Waals surface area contributed by atoms with Gasteiger partial charge in [-0.1, -0.05) is 115 Å². The lowest BCUT2D eigenvalue weighted by Gasteiger charge is -2.59. The lowest BCUT2D eigenvalue weighted by Crippen LogP contribution is -3.00. The number of hydrogen-bond donors (Lipinski definition) is 1. The van der Waals surface area contributed by atoms with Crippen LogP contribution in [-0.4, -0.2) is 41.6 Å². The summed E-state index contributed by atoms with van der Waals surface area (Å²) in [5.74, 6) is 0.218. The minimum absolute atomic E-state index is 0. The average molecular weight is 569 g/mol. The third kappa shape index (κ3) is 4.55. The molecule has 4 aromatic carbocycles. The van der Waals surface area contributed by atoms with E-state index in [9.17, 15) is 9.90 Å². The molecule has 3 heterocycles. The minimum Gasteiger partial charge on any atom is -1.00 e. The van der Waals surface area contributed by atoms with Gasteiger partial charge in [-0.3, -0.25) is 4.79 Å². The van der Waals surface area contributed by atoms with E-state index < -0.39 is 5.60 Å². The number of quaternary nitrogens is 1. The van der Waals surface area contributed by atoms with Crippen molar-refractivity contribution in [1.29, 1.82) is 0 Å². The Balaban J connectivity index is 0.00000294. The van der Waals surface area contributed by atoms with E-state index in [1.54, 1.807) is 0 Å². The number of nitrogens with zero attached hydrogens (tertiary/aromatic N) is 1. The first-order valence-corrected chi connectivity index (χ1v) is 13.4. The van der Waals surface area contributed by atoms with Crippen LogP contribution < -0.4 is 17.0 Å². The summed E-state index contributed by atoms with van der Waals surface area (Å²) in [5, 5.41) is 12.5. The van der Waals surface area contributed by atoms with Gasteiger partial charge in [0.05, 0.1) is 19.6 Å². The highest BCUT2D eigenvalue weighted by molar-refractivity contribution is 5.97. The van der Waals surface area contributed by atoms with Crippen LogP contribution in [0.3, 0.4) is 0 Å². The third-order valence-corrected chi connectivity index (χ3v) is 9.14. The van der Waals surface area contributed by atoms with Crippen LogP contribution in [0.2, 0.25) is 0 Å².